The monoisotopic (exact) mass is 446 g/mol. The molecule has 0 N–H and O–H groups in total. The predicted molar refractivity (Wildman–Crippen MR) is 113 cm³/mol. The molecule has 32 heavy (non-hydrogen) atoms. The summed E-state index contributed by atoms with van der Waals surface area (Å²) in [5, 5.41) is 0. The molecule has 0 bridgehead atoms. The molecule has 0 aliphatic heterocycles. The van der Waals surface area contributed by atoms with Crippen LogP contribution < -0.4 is 4.74 Å². The van der Waals surface area contributed by atoms with E-state index in [4.69, 9.17) is 4.74 Å². The third-order valence-corrected chi connectivity index (χ3v) is 6.15. The van der Waals surface area contributed by atoms with E-state index in [1.807, 2.05) is 12.1 Å². The van der Waals surface area contributed by atoms with Crippen molar-refractivity contribution in [3.05, 3.63) is 88.7 Å². The highest BCUT2D eigenvalue weighted by Gasteiger charge is 2.24. The van der Waals surface area contributed by atoms with Crippen LogP contribution in [-0.2, 0) is 0 Å². The normalized spacial score (nSPS) is 18.6. The smallest absolute Gasteiger partial charge is 0.194 e. The van der Waals surface area contributed by atoms with Crippen LogP contribution in [0.2, 0.25) is 0 Å². The molecule has 0 radical (unpaired) electrons. The summed E-state index contributed by atoms with van der Waals surface area (Å²) in [5.74, 6) is -5.04. The largest absolute Gasteiger partial charge is 0.487 e. The lowest BCUT2D eigenvalue weighted by Gasteiger charge is -2.29. The van der Waals surface area contributed by atoms with Gasteiger partial charge >= 0.3 is 0 Å². The van der Waals surface area contributed by atoms with Gasteiger partial charge in [0.25, 0.3) is 0 Å². The number of halogens is 5. The van der Waals surface area contributed by atoms with Crippen molar-refractivity contribution in [2.75, 3.05) is 6.61 Å². The van der Waals surface area contributed by atoms with Gasteiger partial charge in [-0.25, -0.2) is 22.0 Å². The number of hydrogen-bond donors (Lipinski definition) is 0. The molecule has 0 aromatic heterocycles. The number of ether oxygens (including phenoxy) is 1. The van der Waals surface area contributed by atoms with Crippen LogP contribution in [0, 0.1) is 41.9 Å². The Balaban J connectivity index is 1.34. The molecular formula is C26H23F5O. The van der Waals surface area contributed by atoms with Gasteiger partial charge in [0, 0.05) is 0 Å². The van der Waals surface area contributed by atoms with Gasteiger partial charge < -0.3 is 4.74 Å². The maximum Gasteiger partial charge on any atom is 0.194 e. The lowest BCUT2D eigenvalue weighted by Crippen LogP contribution is -2.20. The molecule has 0 amide bonds. The summed E-state index contributed by atoms with van der Waals surface area (Å²) in [4.78, 5) is 0. The fourth-order valence-corrected chi connectivity index (χ4v) is 4.36. The molecule has 6 heteroatoms. The van der Waals surface area contributed by atoms with Crippen LogP contribution >= 0.6 is 0 Å². The average molecular weight is 446 g/mol. The van der Waals surface area contributed by atoms with Crippen molar-refractivity contribution in [3.8, 4) is 16.9 Å². The quantitative estimate of drug-likeness (QED) is 0.288. The van der Waals surface area contributed by atoms with Gasteiger partial charge in [-0.1, -0.05) is 24.3 Å². The van der Waals surface area contributed by atoms with Gasteiger partial charge in [-0.05, 0) is 91.0 Å². The summed E-state index contributed by atoms with van der Waals surface area (Å²) in [7, 11) is 0. The van der Waals surface area contributed by atoms with E-state index < -0.39 is 29.1 Å². The Morgan fingerprint density at radius 1 is 0.719 bits per heavy atom. The topological polar surface area (TPSA) is 9.23 Å². The zero-order chi connectivity index (χ0) is 22.8. The van der Waals surface area contributed by atoms with Crippen molar-refractivity contribution in [2.45, 2.75) is 38.5 Å². The van der Waals surface area contributed by atoms with E-state index in [1.54, 1.807) is 19.1 Å². The minimum atomic E-state index is -1.47. The second kappa shape index (κ2) is 9.31. The molecule has 1 fully saturated rings. The number of hydrogen-bond acceptors (Lipinski definition) is 1. The van der Waals surface area contributed by atoms with E-state index in [1.165, 1.54) is 12.1 Å². The van der Waals surface area contributed by atoms with Gasteiger partial charge in [0.05, 0.1) is 6.61 Å². The molecular weight excluding hydrogens is 423 g/mol. The van der Waals surface area contributed by atoms with Crippen molar-refractivity contribution < 1.29 is 26.7 Å². The van der Waals surface area contributed by atoms with E-state index in [2.05, 4.69) is 0 Å². The maximum absolute atomic E-state index is 13.9. The first-order chi connectivity index (χ1) is 15.3. The first-order valence-electron chi connectivity index (χ1n) is 10.6. The number of rotatable bonds is 5. The molecule has 1 aliphatic carbocycles. The first-order valence-corrected chi connectivity index (χ1v) is 10.6. The minimum absolute atomic E-state index is 0.218. The second-order valence-electron chi connectivity index (χ2n) is 8.46. The summed E-state index contributed by atoms with van der Waals surface area (Å²) in [6.07, 6.45) is 3.56. The van der Waals surface area contributed by atoms with Gasteiger partial charge in [-0.2, -0.15) is 0 Å². The lowest BCUT2D eigenvalue weighted by atomic mass is 9.79. The maximum atomic E-state index is 13.9. The van der Waals surface area contributed by atoms with Gasteiger partial charge in [0.1, 0.15) is 0 Å². The van der Waals surface area contributed by atoms with Gasteiger partial charge in [0.2, 0.25) is 0 Å². The third-order valence-electron chi connectivity index (χ3n) is 6.15. The lowest BCUT2D eigenvalue weighted by molar-refractivity contribution is 0.188. The van der Waals surface area contributed by atoms with Crippen molar-refractivity contribution >= 4 is 0 Å². The van der Waals surface area contributed by atoms with Crippen molar-refractivity contribution in [1.29, 1.82) is 0 Å². The van der Waals surface area contributed by atoms with Crippen LogP contribution in [-0.4, -0.2) is 6.61 Å². The highest BCUT2D eigenvalue weighted by atomic mass is 19.2. The van der Waals surface area contributed by atoms with Crippen LogP contribution in [0.1, 0.15) is 42.7 Å². The fraction of sp³-hybridized carbons (Fsp3) is 0.308. The van der Waals surface area contributed by atoms with Crippen molar-refractivity contribution in [1.82, 2.24) is 0 Å². The fourth-order valence-electron chi connectivity index (χ4n) is 4.36. The second-order valence-corrected chi connectivity index (χ2v) is 8.46. The van der Waals surface area contributed by atoms with Gasteiger partial charge in [-0.15, -0.1) is 0 Å². The van der Waals surface area contributed by atoms with Crippen LogP contribution in [0.4, 0.5) is 22.0 Å². The Hall–Kier alpha value is -2.89. The van der Waals surface area contributed by atoms with Crippen molar-refractivity contribution in [3.63, 3.8) is 0 Å². The summed E-state index contributed by atoms with van der Waals surface area (Å²) in [6.45, 7) is 1.89. The van der Waals surface area contributed by atoms with Crippen LogP contribution in [0.5, 0.6) is 5.75 Å². The molecule has 0 unspecified atom stereocenters. The molecule has 1 saturated carbocycles. The molecule has 1 aliphatic rings. The number of benzene rings is 3. The van der Waals surface area contributed by atoms with E-state index in [-0.39, 0.29) is 23.8 Å². The highest BCUT2D eigenvalue weighted by molar-refractivity contribution is 5.64. The van der Waals surface area contributed by atoms with Crippen LogP contribution in [0.15, 0.2) is 48.5 Å². The molecule has 0 saturated heterocycles. The molecule has 0 spiro atoms. The SMILES string of the molecule is Cc1cc(F)c(OCC2CCC(c3ccc(-c4cc(F)c(F)c(F)c4)cc3)CC2)c(F)c1. The average Bonchev–Trinajstić information content (AvgIpc) is 2.77. The third kappa shape index (κ3) is 4.79. The van der Waals surface area contributed by atoms with E-state index in [0.29, 0.717) is 17.0 Å². The Morgan fingerprint density at radius 3 is 1.84 bits per heavy atom. The van der Waals surface area contributed by atoms with E-state index in [9.17, 15) is 22.0 Å². The zero-order valence-electron chi connectivity index (χ0n) is 17.6. The Kier molecular flexibility index (Phi) is 6.49. The molecule has 1 nitrogen and oxygen atoms in total. The van der Waals surface area contributed by atoms with Crippen LogP contribution in [0.25, 0.3) is 11.1 Å². The predicted octanol–water partition coefficient (Wildman–Crippen LogP) is 7.71. The zero-order valence-corrected chi connectivity index (χ0v) is 17.6. The molecule has 3 aromatic rings. The molecule has 168 valence electrons. The minimum Gasteiger partial charge on any atom is -0.487 e. The Labute approximate surface area is 183 Å². The first kappa shape index (κ1) is 22.3. The standard InChI is InChI=1S/C26H23F5O/c1-15-10-23(29)26(24(30)11-15)32-14-16-2-4-17(5-3-16)18-6-8-19(9-7-18)20-12-21(27)25(31)22(28)13-20/h6-13,16-17H,2-5,14H2,1H3. The van der Waals surface area contributed by atoms with E-state index in [0.717, 1.165) is 43.4 Å². The summed E-state index contributed by atoms with van der Waals surface area (Å²) < 4.78 is 73.5. The molecule has 3 aromatic carbocycles. The summed E-state index contributed by atoms with van der Waals surface area (Å²) in [6, 6.07) is 11.9. The highest BCUT2D eigenvalue weighted by Crippen LogP contribution is 2.37. The Morgan fingerprint density at radius 2 is 1.28 bits per heavy atom. The Bertz CT molecular complexity index is 1060. The van der Waals surface area contributed by atoms with Crippen LogP contribution in [0.3, 0.4) is 0 Å². The molecule has 0 atom stereocenters. The van der Waals surface area contributed by atoms with Crippen molar-refractivity contribution in [2.24, 2.45) is 5.92 Å². The van der Waals surface area contributed by atoms with E-state index >= 15 is 0 Å². The van der Waals surface area contributed by atoms with Gasteiger partial charge in [-0.3, -0.25) is 0 Å². The molecule has 0 heterocycles. The molecule has 4 rings (SSSR count). The van der Waals surface area contributed by atoms with Gasteiger partial charge in [0.15, 0.2) is 34.8 Å². The summed E-state index contributed by atoms with van der Waals surface area (Å²) in [5.41, 5.74) is 2.51. The number of aryl methyl sites for hydroxylation is 1. The summed E-state index contributed by atoms with van der Waals surface area (Å²) >= 11 is 0.